The number of nitrogens with two attached hydrogens (primary N) is 1. The quantitative estimate of drug-likeness (QED) is 0.727. The third kappa shape index (κ3) is 1.89. The number of rotatable bonds is 1. The summed E-state index contributed by atoms with van der Waals surface area (Å²) >= 11 is 0. The molecule has 0 saturated heterocycles. The molecule has 2 nitrogen and oxygen atoms in total. The van der Waals surface area contributed by atoms with Gasteiger partial charge in [-0.3, -0.25) is 0 Å². The van der Waals surface area contributed by atoms with E-state index in [1.54, 1.807) is 0 Å². The van der Waals surface area contributed by atoms with E-state index in [4.69, 9.17) is 5.73 Å². The van der Waals surface area contributed by atoms with Crippen molar-refractivity contribution in [2.24, 2.45) is 0 Å². The first-order chi connectivity index (χ1) is 8.33. The van der Waals surface area contributed by atoms with Gasteiger partial charge >= 0.3 is 0 Å². The SMILES string of the molecule is Nc1ccc2c(c1)C(=Cc1ccccc1)CN2. The molecule has 0 fully saturated rings. The van der Waals surface area contributed by atoms with Crippen LogP contribution < -0.4 is 11.1 Å². The first-order valence-electron chi connectivity index (χ1n) is 5.72. The Labute approximate surface area is 101 Å². The molecule has 0 aromatic heterocycles. The molecule has 0 atom stereocenters. The summed E-state index contributed by atoms with van der Waals surface area (Å²) in [6.45, 7) is 0.869. The molecule has 1 aliphatic rings. The van der Waals surface area contributed by atoms with E-state index < -0.39 is 0 Å². The highest BCUT2D eigenvalue weighted by atomic mass is 14.9. The Balaban J connectivity index is 2.04. The topological polar surface area (TPSA) is 38.0 Å². The smallest absolute Gasteiger partial charge is 0.0421 e. The molecule has 0 bridgehead atoms. The van der Waals surface area contributed by atoms with Gasteiger partial charge in [0.05, 0.1) is 0 Å². The van der Waals surface area contributed by atoms with E-state index in [1.807, 2.05) is 24.3 Å². The molecule has 2 heteroatoms. The number of nitrogen functional groups attached to an aromatic ring is 1. The van der Waals surface area contributed by atoms with Crippen LogP contribution in [0.3, 0.4) is 0 Å². The van der Waals surface area contributed by atoms with Gasteiger partial charge in [0.1, 0.15) is 0 Å². The van der Waals surface area contributed by atoms with Crippen LogP contribution in [-0.4, -0.2) is 6.54 Å². The minimum absolute atomic E-state index is 0.811. The molecule has 2 aromatic carbocycles. The number of fused-ring (bicyclic) bond motifs is 1. The van der Waals surface area contributed by atoms with Gasteiger partial charge in [0, 0.05) is 23.5 Å². The fourth-order valence-electron chi connectivity index (χ4n) is 2.15. The zero-order chi connectivity index (χ0) is 11.7. The van der Waals surface area contributed by atoms with Crippen LogP contribution in [0, 0.1) is 0 Å². The Morgan fingerprint density at radius 1 is 1.06 bits per heavy atom. The second-order valence-electron chi connectivity index (χ2n) is 4.24. The number of nitrogens with one attached hydrogen (secondary N) is 1. The molecule has 3 N–H and O–H groups in total. The average molecular weight is 222 g/mol. The van der Waals surface area contributed by atoms with E-state index in [1.165, 1.54) is 22.4 Å². The van der Waals surface area contributed by atoms with E-state index in [-0.39, 0.29) is 0 Å². The van der Waals surface area contributed by atoms with E-state index in [2.05, 4.69) is 35.7 Å². The van der Waals surface area contributed by atoms with Crippen molar-refractivity contribution in [1.29, 1.82) is 0 Å². The maximum absolute atomic E-state index is 5.83. The highest BCUT2D eigenvalue weighted by molar-refractivity contribution is 5.93. The lowest BCUT2D eigenvalue weighted by Crippen LogP contribution is -1.91. The summed E-state index contributed by atoms with van der Waals surface area (Å²) in [5.41, 5.74) is 11.5. The van der Waals surface area contributed by atoms with Crippen molar-refractivity contribution in [3.63, 3.8) is 0 Å². The summed E-state index contributed by atoms with van der Waals surface area (Å²) < 4.78 is 0. The van der Waals surface area contributed by atoms with Crippen LogP contribution in [0.1, 0.15) is 11.1 Å². The van der Waals surface area contributed by atoms with Gasteiger partial charge in [-0.15, -0.1) is 0 Å². The maximum Gasteiger partial charge on any atom is 0.0421 e. The molecule has 0 unspecified atom stereocenters. The molecule has 17 heavy (non-hydrogen) atoms. The third-order valence-corrected chi connectivity index (χ3v) is 3.00. The molecule has 0 radical (unpaired) electrons. The Hall–Kier alpha value is -2.22. The standard InChI is InChI=1S/C15H14N2/c16-13-6-7-15-14(9-13)12(10-17-15)8-11-4-2-1-3-5-11/h1-9,17H,10,16H2. The zero-order valence-electron chi connectivity index (χ0n) is 9.48. The average Bonchev–Trinajstić information content (AvgIpc) is 2.73. The van der Waals surface area contributed by atoms with E-state index in [0.717, 1.165) is 12.2 Å². The predicted molar refractivity (Wildman–Crippen MR) is 73.7 cm³/mol. The molecule has 1 aliphatic heterocycles. The molecule has 0 saturated carbocycles. The fraction of sp³-hybridized carbons (Fsp3) is 0.0667. The lowest BCUT2D eigenvalue weighted by Gasteiger charge is -2.01. The van der Waals surface area contributed by atoms with Crippen molar-refractivity contribution in [2.75, 3.05) is 17.6 Å². The molecule has 2 aromatic rings. The van der Waals surface area contributed by atoms with Crippen molar-refractivity contribution in [3.8, 4) is 0 Å². The van der Waals surface area contributed by atoms with Crippen LogP contribution in [0.15, 0.2) is 48.5 Å². The molecular weight excluding hydrogens is 208 g/mol. The lowest BCUT2D eigenvalue weighted by molar-refractivity contribution is 1.45. The van der Waals surface area contributed by atoms with Crippen molar-refractivity contribution < 1.29 is 0 Å². The molecular formula is C15H14N2. The van der Waals surface area contributed by atoms with Crippen LogP contribution in [0.25, 0.3) is 11.6 Å². The zero-order valence-corrected chi connectivity index (χ0v) is 9.48. The number of benzene rings is 2. The second-order valence-corrected chi connectivity index (χ2v) is 4.24. The molecule has 0 amide bonds. The minimum atomic E-state index is 0.811. The normalized spacial score (nSPS) is 15.6. The number of anilines is 2. The van der Waals surface area contributed by atoms with E-state index in [9.17, 15) is 0 Å². The summed E-state index contributed by atoms with van der Waals surface area (Å²) in [5.74, 6) is 0. The fourth-order valence-corrected chi connectivity index (χ4v) is 2.15. The van der Waals surface area contributed by atoms with Crippen molar-refractivity contribution >= 4 is 23.0 Å². The van der Waals surface area contributed by atoms with Gasteiger partial charge in [-0.1, -0.05) is 30.3 Å². The maximum atomic E-state index is 5.83. The van der Waals surface area contributed by atoms with Crippen molar-refractivity contribution in [1.82, 2.24) is 0 Å². The first kappa shape index (κ1) is 9.97. The van der Waals surface area contributed by atoms with Crippen LogP contribution in [0.4, 0.5) is 11.4 Å². The van der Waals surface area contributed by atoms with Gasteiger partial charge in [0.15, 0.2) is 0 Å². The highest BCUT2D eigenvalue weighted by Crippen LogP contribution is 2.33. The minimum Gasteiger partial charge on any atom is -0.399 e. The Bertz CT molecular complexity index is 571. The highest BCUT2D eigenvalue weighted by Gasteiger charge is 2.15. The first-order valence-corrected chi connectivity index (χ1v) is 5.72. The van der Waals surface area contributed by atoms with Gasteiger partial charge in [-0.05, 0) is 35.4 Å². The van der Waals surface area contributed by atoms with Gasteiger partial charge < -0.3 is 11.1 Å². The molecule has 0 aliphatic carbocycles. The van der Waals surface area contributed by atoms with Crippen LogP contribution in [0.2, 0.25) is 0 Å². The number of hydrogen-bond acceptors (Lipinski definition) is 2. The summed E-state index contributed by atoms with van der Waals surface area (Å²) in [4.78, 5) is 0. The van der Waals surface area contributed by atoms with E-state index >= 15 is 0 Å². The predicted octanol–water partition coefficient (Wildman–Crippen LogP) is 3.23. The Morgan fingerprint density at radius 2 is 1.88 bits per heavy atom. The van der Waals surface area contributed by atoms with Crippen LogP contribution >= 0.6 is 0 Å². The monoisotopic (exact) mass is 222 g/mol. The summed E-state index contributed by atoms with van der Waals surface area (Å²) in [6.07, 6.45) is 2.21. The van der Waals surface area contributed by atoms with Gasteiger partial charge in [-0.25, -0.2) is 0 Å². The largest absolute Gasteiger partial charge is 0.399 e. The Kier molecular flexibility index (Phi) is 2.33. The summed E-state index contributed by atoms with van der Waals surface area (Å²) in [7, 11) is 0. The molecule has 3 rings (SSSR count). The van der Waals surface area contributed by atoms with Crippen LogP contribution in [-0.2, 0) is 0 Å². The van der Waals surface area contributed by atoms with Crippen molar-refractivity contribution in [3.05, 3.63) is 59.7 Å². The number of hydrogen-bond donors (Lipinski definition) is 2. The summed E-state index contributed by atoms with van der Waals surface area (Å²) in [5, 5.41) is 3.37. The van der Waals surface area contributed by atoms with Gasteiger partial charge in [0.2, 0.25) is 0 Å². The Morgan fingerprint density at radius 3 is 2.71 bits per heavy atom. The van der Waals surface area contributed by atoms with Gasteiger partial charge in [0.25, 0.3) is 0 Å². The molecule has 84 valence electrons. The van der Waals surface area contributed by atoms with E-state index in [0.29, 0.717) is 0 Å². The third-order valence-electron chi connectivity index (χ3n) is 3.00. The molecule has 0 spiro atoms. The van der Waals surface area contributed by atoms with Gasteiger partial charge in [-0.2, -0.15) is 0 Å². The summed E-state index contributed by atoms with van der Waals surface area (Å²) in [6, 6.07) is 16.3. The van der Waals surface area contributed by atoms with Crippen LogP contribution in [0.5, 0.6) is 0 Å². The second kappa shape index (κ2) is 3.98. The molecule has 1 heterocycles. The lowest BCUT2D eigenvalue weighted by atomic mass is 10.0. The van der Waals surface area contributed by atoms with Crippen molar-refractivity contribution in [2.45, 2.75) is 0 Å².